The molecular formula is C21H22O5. The molecule has 3 aromatic rings. The van der Waals surface area contributed by atoms with E-state index in [2.05, 4.69) is 6.58 Å². The van der Waals surface area contributed by atoms with Crippen LogP contribution in [-0.2, 0) is 10.2 Å². The molecule has 1 aromatic carbocycles. The minimum Gasteiger partial charge on any atom is -0.489 e. The summed E-state index contributed by atoms with van der Waals surface area (Å²) in [5, 5.41) is 1.58. The summed E-state index contributed by atoms with van der Waals surface area (Å²) in [4.78, 5) is 12.5. The maximum Gasteiger partial charge on any atom is 0.340 e. The van der Waals surface area contributed by atoms with Crippen molar-refractivity contribution < 1.29 is 18.3 Å². The Kier molecular flexibility index (Phi) is 3.57. The van der Waals surface area contributed by atoms with Gasteiger partial charge in [0.2, 0.25) is 0 Å². The van der Waals surface area contributed by atoms with Crippen molar-refractivity contribution in [1.82, 2.24) is 0 Å². The van der Waals surface area contributed by atoms with Crippen LogP contribution in [0.2, 0.25) is 0 Å². The lowest BCUT2D eigenvalue weighted by Gasteiger charge is -2.19. The molecule has 1 atom stereocenters. The monoisotopic (exact) mass is 354 g/mol. The van der Waals surface area contributed by atoms with Crippen LogP contribution >= 0.6 is 0 Å². The van der Waals surface area contributed by atoms with Crippen LogP contribution in [0.1, 0.15) is 33.3 Å². The van der Waals surface area contributed by atoms with E-state index < -0.39 is 5.41 Å². The van der Waals surface area contributed by atoms with Crippen LogP contribution in [0.4, 0.5) is 0 Å². The number of ether oxygens (including phenoxy) is 2. The Bertz CT molecular complexity index is 1070. The van der Waals surface area contributed by atoms with Gasteiger partial charge in [-0.2, -0.15) is 0 Å². The Labute approximate surface area is 151 Å². The molecule has 5 heteroatoms. The zero-order chi connectivity index (χ0) is 18.7. The van der Waals surface area contributed by atoms with Crippen molar-refractivity contribution >= 4 is 21.9 Å². The van der Waals surface area contributed by atoms with Crippen LogP contribution in [0.3, 0.4) is 0 Å². The lowest BCUT2D eigenvalue weighted by atomic mass is 9.85. The van der Waals surface area contributed by atoms with Crippen molar-refractivity contribution in [3.63, 3.8) is 0 Å². The van der Waals surface area contributed by atoms with Crippen molar-refractivity contribution in [3.8, 4) is 5.75 Å². The maximum absolute atomic E-state index is 12.5. The molecular weight excluding hydrogens is 332 g/mol. The first-order valence-electron chi connectivity index (χ1n) is 8.66. The van der Waals surface area contributed by atoms with Gasteiger partial charge in [-0.1, -0.05) is 19.9 Å². The lowest BCUT2D eigenvalue weighted by Crippen LogP contribution is -2.23. The van der Waals surface area contributed by atoms with Crippen LogP contribution < -0.4 is 10.4 Å². The molecule has 0 bridgehead atoms. The molecule has 5 nitrogen and oxygen atoms in total. The molecule has 0 spiro atoms. The molecule has 0 radical (unpaired) electrons. The van der Waals surface area contributed by atoms with E-state index in [0.717, 1.165) is 10.8 Å². The second-order valence-corrected chi connectivity index (χ2v) is 7.84. The summed E-state index contributed by atoms with van der Waals surface area (Å²) in [7, 11) is 0. The van der Waals surface area contributed by atoms with Crippen LogP contribution in [0.15, 0.2) is 50.7 Å². The molecule has 0 N–H and O–H groups in total. The number of hydrogen-bond acceptors (Lipinski definition) is 5. The quantitative estimate of drug-likeness (QED) is 0.382. The van der Waals surface area contributed by atoms with E-state index in [-0.39, 0.29) is 17.3 Å². The molecule has 1 aliphatic heterocycles. The molecule has 1 unspecified atom stereocenters. The first-order valence-corrected chi connectivity index (χ1v) is 8.66. The predicted octanol–water partition coefficient (Wildman–Crippen LogP) is 4.56. The molecule has 4 rings (SSSR count). The standard InChI is InChI=1S/C21H22O5/c1-6-20(2,3)14-9-13-16(25-19(14)22)10-15-12(7-8-23-15)18(13)24-11-17-21(4,5)26-17/h6-10,17H,1,11H2,2-5H3. The second kappa shape index (κ2) is 5.48. The molecule has 136 valence electrons. The number of epoxide rings is 1. The maximum atomic E-state index is 12.5. The van der Waals surface area contributed by atoms with E-state index in [1.165, 1.54) is 0 Å². The lowest BCUT2D eigenvalue weighted by molar-refractivity contribution is 0.258. The van der Waals surface area contributed by atoms with Gasteiger partial charge in [-0.05, 0) is 26.0 Å². The highest BCUT2D eigenvalue weighted by molar-refractivity contribution is 6.01. The summed E-state index contributed by atoms with van der Waals surface area (Å²) >= 11 is 0. The Balaban J connectivity index is 1.90. The molecule has 26 heavy (non-hydrogen) atoms. The van der Waals surface area contributed by atoms with Crippen molar-refractivity contribution in [2.24, 2.45) is 0 Å². The van der Waals surface area contributed by atoms with Crippen LogP contribution in [0.5, 0.6) is 5.75 Å². The predicted molar refractivity (Wildman–Crippen MR) is 99.9 cm³/mol. The molecule has 1 aliphatic rings. The molecule has 0 saturated carbocycles. The largest absolute Gasteiger partial charge is 0.489 e. The summed E-state index contributed by atoms with van der Waals surface area (Å²) < 4.78 is 22.8. The van der Waals surface area contributed by atoms with Gasteiger partial charge in [0.05, 0.1) is 22.6 Å². The van der Waals surface area contributed by atoms with Gasteiger partial charge in [0, 0.05) is 17.0 Å². The van der Waals surface area contributed by atoms with Crippen molar-refractivity contribution in [1.29, 1.82) is 0 Å². The van der Waals surface area contributed by atoms with E-state index in [1.807, 2.05) is 39.8 Å². The van der Waals surface area contributed by atoms with Crippen LogP contribution in [0, 0.1) is 0 Å². The van der Waals surface area contributed by atoms with Crippen LogP contribution in [-0.4, -0.2) is 18.3 Å². The second-order valence-electron chi connectivity index (χ2n) is 7.84. The normalized spacial score (nSPS) is 19.0. The van der Waals surface area contributed by atoms with Gasteiger partial charge in [0.15, 0.2) is 0 Å². The van der Waals surface area contributed by atoms with Gasteiger partial charge < -0.3 is 18.3 Å². The van der Waals surface area contributed by atoms with E-state index in [1.54, 1.807) is 18.4 Å². The summed E-state index contributed by atoms with van der Waals surface area (Å²) in [6.07, 6.45) is 3.38. The Morgan fingerprint density at radius 2 is 2.00 bits per heavy atom. The number of fused-ring (bicyclic) bond motifs is 2. The highest BCUT2D eigenvalue weighted by atomic mass is 16.6. The fourth-order valence-corrected chi connectivity index (χ4v) is 3.09. The molecule has 2 aromatic heterocycles. The average Bonchev–Trinajstić information content (AvgIpc) is 2.96. The Morgan fingerprint density at radius 1 is 1.27 bits per heavy atom. The molecule has 1 saturated heterocycles. The highest BCUT2D eigenvalue weighted by Gasteiger charge is 2.48. The fourth-order valence-electron chi connectivity index (χ4n) is 3.09. The van der Waals surface area contributed by atoms with Gasteiger partial charge in [0.25, 0.3) is 0 Å². The van der Waals surface area contributed by atoms with Crippen molar-refractivity contribution in [2.45, 2.75) is 44.8 Å². The van der Waals surface area contributed by atoms with E-state index >= 15 is 0 Å². The summed E-state index contributed by atoms with van der Waals surface area (Å²) in [6, 6.07) is 5.41. The Hall–Kier alpha value is -2.53. The van der Waals surface area contributed by atoms with Crippen molar-refractivity contribution in [2.75, 3.05) is 6.61 Å². The highest BCUT2D eigenvalue weighted by Crippen LogP contribution is 2.40. The number of hydrogen-bond donors (Lipinski definition) is 0. The topological polar surface area (TPSA) is 65.1 Å². The third kappa shape index (κ3) is 2.63. The van der Waals surface area contributed by atoms with Gasteiger partial charge >= 0.3 is 5.63 Å². The molecule has 0 amide bonds. The van der Waals surface area contributed by atoms with E-state index in [4.69, 9.17) is 18.3 Å². The zero-order valence-electron chi connectivity index (χ0n) is 15.4. The van der Waals surface area contributed by atoms with Gasteiger partial charge in [-0.15, -0.1) is 6.58 Å². The third-order valence-electron chi connectivity index (χ3n) is 5.17. The first-order chi connectivity index (χ1) is 12.2. The van der Waals surface area contributed by atoms with Gasteiger partial charge in [-0.25, -0.2) is 4.79 Å². The fraction of sp³-hybridized carbons (Fsp3) is 0.381. The third-order valence-corrected chi connectivity index (χ3v) is 5.17. The summed E-state index contributed by atoms with van der Waals surface area (Å²) in [5.41, 5.74) is 0.526. The summed E-state index contributed by atoms with van der Waals surface area (Å²) in [6.45, 7) is 12.2. The molecule has 1 fully saturated rings. The van der Waals surface area contributed by atoms with E-state index in [9.17, 15) is 4.79 Å². The molecule has 0 aliphatic carbocycles. The first kappa shape index (κ1) is 16.9. The zero-order valence-corrected chi connectivity index (χ0v) is 15.4. The summed E-state index contributed by atoms with van der Waals surface area (Å²) in [5.74, 6) is 0.641. The number of allylic oxidation sites excluding steroid dienone is 1. The minimum atomic E-state index is -0.515. The average molecular weight is 354 g/mol. The number of benzene rings is 1. The van der Waals surface area contributed by atoms with Gasteiger partial charge in [0.1, 0.15) is 29.6 Å². The number of furan rings is 1. The SMILES string of the molecule is C=CC(C)(C)c1cc2c(OCC3OC3(C)C)c3ccoc3cc2oc1=O. The molecule has 3 heterocycles. The Morgan fingerprint density at radius 3 is 2.65 bits per heavy atom. The van der Waals surface area contributed by atoms with Crippen LogP contribution in [0.25, 0.3) is 21.9 Å². The van der Waals surface area contributed by atoms with Gasteiger partial charge in [-0.3, -0.25) is 0 Å². The number of rotatable bonds is 5. The van der Waals surface area contributed by atoms with Crippen molar-refractivity contribution in [3.05, 3.63) is 53.1 Å². The van der Waals surface area contributed by atoms with E-state index in [0.29, 0.717) is 29.1 Å². The minimum absolute atomic E-state index is 0.0412. The smallest absolute Gasteiger partial charge is 0.340 e.